The molecule has 0 fully saturated rings. The highest BCUT2D eigenvalue weighted by Crippen LogP contribution is 2.46. The van der Waals surface area contributed by atoms with Crippen LogP contribution in [0.5, 0.6) is 0 Å². The van der Waals surface area contributed by atoms with E-state index in [2.05, 4.69) is 215 Å². The third-order valence-electron chi connectivity index (χ3n) is 13.7. The van der Waals surface area contributed by atoms with Gasteiger partial charge < -0.3 is 13.6 Å². The number of nitrogens with zero attached hydrogens (tertiary/aromatic N) is 2. The van der Waals surface area contributed by atoms with Crippen molar-refractivity contribution in [2.45, 2.75) is 0 Å². The Balaban J connectivity index is 0.866. The van der Waals surface area contributed by atoms with Gasteiger partial charge in [0, 0.05) is 73.3 Å². The van der Waals surface area contributed by atoms with Crippen LogP contribution in [0.15, 0.2) is 211 Å². The molecular weight excluding hydrogens is 829 g/mol. The highest BCUT2D eigenvalue weighted by atomic mass is 32.1. The van der Waals surface area contributed by atoms with Crippen molar-refractivity contribution < 1.29 is 4.42 Å². The number of benzene rings is 10. The molecule has 15 rings (SSSR count). The van der Waals surface area contributed by atoms with Crippen molar-refractivity contribution in [1.82, 2.24) is 9.13 Å². The standard InChI is InChI=1S/C60H34N2OS2/c1-5-13-49-45(11-1)57-51(61(49)39-23-17-35(18-24-39)37-21-31-55-47(33-37)41-9-3-7-15-53(41)64-55)29-27-43-44-28-30-52-58(60(44)63-59(43)57)46-12-2-6-14-50(46)62(52)40-25-19-36(20-26-40)38-22-32-56-48(34-38)42-10-4-8-16-54(42)65-56/h1-34H. The lowest BCUT2D eigenvalue weighted by Gasteiger charge is -2.10. The molecule has 65 heavy (non-hydrogen) atoms. The highest BCUT2D eigenvalue weighted by molar-refractivity contribution is 7.26. The lowest BCUT2D eigenvalue weighted by Crippen LogP contribution is -1.93. The molecule has 5 aromatic heterocycles. The quantitative estimate of drug-likeness (QED) is 0.173. The lowest BCUT2D eigenvalue weighted by atomic mass is 10.0. The molecule has 0 unspecified atom stereocenters. The van der Waals surface area contributed by atoms with Crippen LogP contribution in [-0.4, -0.2) is 9.13 Å². The highest BCUT2D eigenvalue weighted by Gasteiger charge is 2.23. The number of aromatic nitrogens is 2. The second kappa shape index (κ2) is 13.3. The molecule has 0 aliphatic carbocycles. The average molecular weight is 863 g/mol. The lowest BCUT2D eigenvalue weighted by molar-refractivity contribution is 0.677. The summed E-state index contributed by atoms with van der Waals surface area (Å²) in [6, 6.07) is 75.8. The molecule has 5 heterocycles. The molecule has 302 valence electrons. The van der Waals surface area contributed by atoms with Gasteiger partial charge in [0.05, 0.1) is 32.8 Å². The van der Waals surface area contributed by atoms with E-state index in [1.807, 2.05) is 22.7 Å². The Morgan fingerprint density at radius 1 is 0.277 bits per heavy atom. The van der Waals surface area contributed by atoms with Crippen LogP contribution in [0.25, 0.3) is 140 Å². The average Bonchev–Trinajstić information content (AvgIpc) is 4.18. The van der Waals surface area contributed by atoms with Crippen LogP contribution in [0.1, 0.15) is 0 Å². The molecule has 0 spiro atoms. The number of furan rings is 1. The van der Waals surface area contributed by atoms with Crippen molar-refractivity contribution in [3.63, 3.8) is 0 Å². The Morgan fingerprint density at radius 2 is 0.662 bits per heavy atom. The molecule has 5 heteroatoms. The minimum atomic E-state index is 0.921. The monoisotopic (exact) mass is 862 g/mol. The summed E-state index contributed by atoms with van der Waals surface area (Å²) in [5.74, 6) is 0. The van der Waals surface area contributed by atoms with Gasteiger partial charge in [-0.05, 0) is 119 Å². The van der Waals surface area contributed by atoms with Crippen molar-refractivity contribution in [2.24, 2.45) is 0 Å². The normalized spacial score (nSPS) is 12.3. The molecule has 15 aromatic rings. The smallest absolute Gasteiger partial charge is 0.145 e. The Kier molecular flexibility index (Phi) is 7.26. The fourth-order valence-electron chi connectivity index (χ4n) is 10.8. The number of hydrogen-bond acceptors (Lipinski definition) is 3. The Hall–Kier alpha value is -7.96. The topological polar surface area (TPSA) is 23.0 Å². The first kappa shape index (κ1) is 35.5. The first-order valence-corrected chi connectivity index (χ1v) is 23.7. The molecule has 0 bridgehead atoms. The Labute approximate surface area is 379 Å². The van der Waals surface area contributed by atoms with E-state index in [1.54, 1.807) is 0 Å². The maximum Gasteiger partial charge on any atom is 0.145 e. The summed E-state index contributed by atoms with van der Waals surface area (Å²) in [6.07, 6.45) is 0. The summed E-state index contributed by atoms with van der Waals surface area (Å²) in [6.45, 7) is 0. The number of rotatable bonds is 4. The van der Waals surface area contributed by atoms with Crippen molar-refractivity contribution in [2.75, 3.05) is 0 Å². The van der Waals surface area contributed by atoms with Gasteiger partial charge in [-0.25, -0.2) is 0 Å². The van der Waals surface area contributed by atoms with Crippen LogP contribution in [-0.2, 0) is 0 Å². The van der Waals surface area contributed by atoms with Gasteiger partial charge in [0.2, 0.25) is 0 Å². The summed E-state index contributed by atoms with van der Waals surface area (Å²) in [4.78, 5) is 0. The van der Waals surface area contributed by atoms with Crippen LogP contribution in [0.4, 0.5) is 0 Å². The fraction of sp³-hybridized carbons (Fsp3) is 0. The number of fused-ring (bicyclic) bond motifs is 17. The zero-order valence-electron chi connectivity index (χ0n) is 34.7. The molecule has 0 saturated carbocycles. The van der Waals surface area contributed by atoms with E-state index in [4.69, 9.17) is 4.42 Å². The first-order chi connectivity index (χ1) is 32.2. The zero-order chi connectivity index (χ0) is 42.3. The van der Waals surface area contributed by atoms with Crippen molar-refractivity contribution in [3.05, 3.63) is 206 Å². The second-order valence-corrected chi connectivity index (χ2v) is 19.4. The summed E-state index contributed by atoms with van der Waals surface area (Å²) in [5, 5.41) is 12.2. The SMILES string of the molecule is c1ccc2c(c1)sc1ccc(-c3ccc(-n4c5ccccc5c5c6oc7c(ccc8c7c7ccccc7n8-c7ccc(-c8ccc9sc%10ccccc%10c9c8)cc7)c6ccc54)cc3)cc12. The molecular formula is C60H34N2OS2. The summed E-state index contributed by atoms with van der Waals surface area (Å²) >= 11 is 3.72. The largest absolute Gasteiger partial charge is 0.455 e. The van der Waals surface area contributed by atoms with Gasteiger partial charge in [-0.3, -0.25) is 0 Å². The van der Waals surface area contributed by atoms with Crippen LogP contribution in [0.2, 0.25) is 0 Å². The van der Waals surface area contributed by atoms with Crippen LogP contribution in [0, 0.1) is 0 Å². The predicted molar refractivity (Wildman–Crippen MR) is 279 cm³/mol. The van der Waals surface area contributed by atoms with E-state index in [9.17, 15) is 0 Å². The van der Waals surface area contributed by atoms with E-state index < -0.39 is 0 Å². The van der Waals surface area contributed by atoms with Crippen molar-refractivity contribution in [1.29, 1.82) is 0 Å². The van der Waals surface area contributed by atoms with Gasteiger partial charge in [-0.1, -0.05) is 109 Å². The Morgan fingerprint density at radius 3 is 1.12 bits per heavy atom. The van der Waals surface area contributed by atoms with E-state index >= 15 is 0 Å². The number of para-hydroxylation sites is 2. The second-order valence-electron chi connectivity index (χ2n) is 17.2. The van der Waals surface area contributed by atoms with Crippen LogP contribution < -0.4 is 0 Å². The molecule has 0 amide bonds. The van der Waals surface area contributed by atoms with E-state index in [1.165, 1.54) is 73.4 Å². The van der Waals surface area contributed by atoms with Crippen molar-refractivity contribution >= 4 is 129 Å². The fourth-order valence-corrected chi connectivity index (χ4v) is 12.9. The van der Waals surface area contributed by atoms with Gasteiger partial charge in [-0.15, -0.1) is 22.7 Å². The third-order valence-corrected chi connectivity index (χ3v) is 16.1. The molecule has 0 aliphatic heterocycles. The van der Waals surface area contributed by atoms with E-state index in [0.29, 0.717) is 0 Å². The minimum Gasteiger partial charge on any atom is -0.455 e. The molecule has 10 aromatic carbocycles. The molecule has 0 radical (unpaired) electrons. The molecule has 0 aliphatic rings. The van der Waals surface area contributed by atoms with Gasteiger partial charge in [0.25, 0.3) is 0 Å². The summed E-state index contributed by atoms with van der Waals surface area (Å²) in [7, 11) is 0. The maximum atomic E-state index is 7.24. The maximum absolute atomic E-state index is 7.24. The number of hydrogen-bond donors (Lipinski definition) is 0. The van der Waals surface area contributed by atoms with E-state index in [0.717, 1.165) is 66.2 Å². The number of thiophene rings is 2. The predicted octanol–water partition coefficient (Wildman–Crippen LogP) is 17.8. The van der Waals surface area contributed by atoms with Crippen LogP contribution in [0.3, 0.4) is 0 Å². The van der Waals surface area contributed by atoms with Crippen LogP contribution >= 0.6 is 22.7 Å². The summed E-state index contributed by atoms with van der Waals surface area (Å²) < 4.78 is 17.3. The Bertz CT molecular complexity index is 4180. The van der Waals surface area contributed by atoms with E-state index in [-0.39, 0.29) is 0 Å². The zero-order valence-corrected chi connectivity index (χ0v) is 36.4. The molecule has 0 N–H and O–H groups in total. The first-order valence-electron chi connectivity index (χ1n) is 22.1. The van der Waals surface area contributed by atoms with Gasteiger partial charge in [-0.2, -0.15) is 0 Å². The minimum absolute atomic E-state index is 0.921. The molecule has 0 atom stereocenters. The van der Waals surface area contributed by atoms with Crippen molar-refractivity contribution in [3.8, 4) is 33.6 Å². The van der Waals surface area contributed by atoms with Gasteiger partial charge in [0.15, 0.2) is 0 Å². The summed E-state index contributed by atoms with van der Waals surface area (Å²) in [5.41, 5.74) is 13.5. The van der Waals surface area contributed by atoms with Gasteiger partial charge in [0.1, 0.15) is 11.2 Å². The third kappa shape index (κ3) is 5.05. The molecule has 0 saturated heterocycles. The van der Waals surface area contributed by atoms with Gasteiger partial charge >= 0.3 is 0 Å². The molecule has 3 nitrogen and oxygen atoms in total.